The van der Waals surface area contributed by atoms with Crippen LogP contribution >= 0.6 is 0 Å². The molecule has 2 atom stereocenters. The van der Waals surface area contributed by atoms with Gasteiger partial charge in [-0.2, -0.15) is 0 Å². The molecule has 1 aliphatic heterocycles. The van der Waals surface area contributed by atoms with Gasteiger partial charge in [0.25, 0.3) is 0 Å². The van der Waals surface area contributed by atoms with E-state index >= 15 is 0 Å². The van der Waals surface area contributed by atoms with Crippen molar-refractivity contribution < 1.29 is 5.11 Å². The minimum Gasteiger partial charge on any atom is -0.508 e. The van der Waals surface area contributed by atoms with Gasteiger partial charge >= 0.3 is 0 Å². The zero-order valence-corrected chi connectivity index (χ0v) is 13.1. The van der Waals surface area contributed by atoms with Gasteiger partial charge in [-0.3, -0.25) is 4.90 Å². The number of hydrogen-bond donors (Lipinski definition) is 2. The Kier molecular flexibility index (Phi) is 5.02. The van der Waals surface area contributed by atoms with Gasteiger partial charge in [-0.1, -0.05) is 17.7 Å². The number of benzene rings is 1. The molecule has 0 saturated carbocycles. The maximum Gasteiger partial charge on any atom is 0.120 e. The average molecular weight is 277 g/mol. The highest BCUT2D eigenvalue weighted by Crippen LogP contribution is 2.25. The number of piperazine rings is 1. The second-order valence-corrected chi connectivity index (χ2v) is 6.09. The predicted octanol–water partition coefficient (Wildman–Crippen LogP) is 1.60. The molecule has 1 aliphatic rings. The second-order valence-electron chi connectivity index (χ2n) is 6.09. The summed E-state index contributed by atoms with van der Waals surface area (Å²) in [4.78, 5) is 4.79. The van der Waals surface area contributed by atoms with Gasteiger partial charge in [0, 0.05) is 43.8 Å². The quantitative estimate of drug-likeness (QED) is 0.877. The van der Waals surface area contributed by atoms with Crippen molar-refractivity contribution in [2.75, 3.05) is 40.3 Å². The van der Waals surface area contributed by atoms with Crippen LogP contribution in [0.2, 0.25) is 0 Å². The van der Waals surface area contributed by atoms with Crippen LogP contribution in [0.1, 0.15) is 24.1 Å². The van der Waals surface area contributed by atoms with E-state index in [1.165, 1.54) is 5.56 Å². The molecular formula is C16H27N3O. The molecule has 20 heavy (non-hydrogen) atoms. The topological polar surface area (TPSA) is 38.7 Å². The summed E-state index contributed by atoms with van der Waals surface area (Å²) in [5, 5.41) is 13.5. The number of phenolic OH excluding ortho intramolecular Hbond substituents is 1. The molecule has 0 bridgehead atoms. The van der Waals surface area contributed by atoms with Gasteiger partial charge in [-0.25, -0.2) is 0 Å². The lowest BCUT2D eigenvalue weighted by Gasteiger charge is -2.38. The number of aromatic hydroxyl groups is 1. The Hall–Kier alpha value is -1.10. The van der Waals surface area contributed by atoms with Gasteiger partial charge in [-0.15, -0.1) is 0 Å². The minimum atomic E-state index is 0.163. The van der Waals surface area contributed by atoms with E-state index in [0.717, 1.165) is 31.7 Å². The summed E-state index contributed by atoms with van der Waals surface area (Å²) in [7, 11) is 4.37. The molecule has 1 heterocycles. The first-order valence-electron chi connectivity index (χ1n) is 7.39. The maximum atomic E-state index is 9.98. The van der Waals surface area contributed by atoms with Crippen LogP contribution < -0.4 is 5.32 Å². The third kappa shape index (κ3) is 3.72. The third-order valence-electron chi connectivity index (χ3n) is 4.29. The lowest BCUT2D eigenvalue weighted by Crippen LogP contribution is -2.53. The van der Waals surface area contributed by atoms with Gasteiger partial charge in [0.15, 0.2) is 0 Å². The standard InChI is InChI=1S/C16H27N3O/c1-12-5-6-16(20)15(9-12)13(2)17-10-14-11-18(3)7-8-19(14)4/h5-6,9,13-14,17,20H,7-8,10-11H2,1-4H3. The molecule has 4 heteroatoms. The lowest BCUT2D eigenvalue weighted by atomic mass is 10.0. The maximum absolute atomic E-state index is 9.98. The summed E-state index contributed by atoms with van der Waals surface area (Å²) in [6.45, 7) is 8.46. The number of likely N-dealkylation sites (N-methyl/N-ethyl adjacent to an activating group) is 2. The van der Waals surface area contributed by atoms with E-state index in [-0.39, 0.29) is 6.04 Å². The molecule has 0 aromatic heterocycles. The van der Waals surface area contributed by atoms with Gasteiger partial charge in [0.05, 0.1) is 0 Å². The van der Waals surface area contributed by atoms with Gasteiger partial charge in [0.2, 0.25) is 0 Å². The van der Waals surface area contributed by atoms with Gasteiger partial charge < -0.3 is 15.3 Å². The normalized spacial score (nSPS) is 22.9. The Bertz CT molecular complexity index is 449. The minimum absolute atomic E-state index is 0.163. The van der Waals surface area contributed by atoms with E-state index in [9.17, 15) is 5.11 Å². The number of hydrogen-bond acceptors (Lipinski definition) is 4. The van der Waals surface area contributed by atoms with Crippen LogP contribution in [-0.4, -0.2) is 61.2 Å². The van der Waals surface area contributed by atoms with Crippen molar-refractivity contribution in [2.24, 2.45) is 0 Å². The van der Waals surface area contributed by atoms with Crippen molar-refractivity contribution in [3.8, 4) is 5.75 Å². The molecule has 0 radical (unpaired) electrons. The summed E-state index contributed by atoms with van der Waals surface area (Å²) in [5.41, 5.74) is 2.16. The zero-order valence-electron chi connectivity index (χ0n) is 13.1. The van der Waals surface area contributed by atoms with E-state index in [1.54, 1.807) is 6.07 Å². The monoisotopic (exact) mass is 277 g/mol. The van der Waals surface area contributed by atoms with Crippen LogP contribution in [0.4, 0.5) is 0 Å². The van der Waals surface area contributed by atoms with Gasteiger partial charge in [0.1, 0.15) is 5.75 Å². The third-order valence-corrected chi connectivity index (χ3v) is 4.29. The summed E-state index contributed by atoms with van der Waals surface area (Å²) in [6.07, 6.45) is 0. The highest BCUT2D eigenvalue weighted by Gasteiger charge is 2.22. The summed E-state index contributed by atoms with van der Waals surface area (Å²) < 4.78 is 0. The molecule has 112 valence electrons. The molecule has 0 aliphatic carbocycles. The Labute approximate surface area is 122 Å². The van der Waals surface area contributed by atoms with Crippen LogP contribution in [-0.2, 0) is 0 Å². The number of nitrogens with zero attached hydrogens (tertiary/aromatic N) is 2. The van der Waals surface area contributed by atoms with Crippen molar-refractivity contribution in [3.05, 3.63) is 29.3 Å². The van der Waals surface area contributed by atoms with Crippen molar-refractivity contribution in [2.45, 2.75) is 25.9 Å². The molecule has 2 unspecified atom stereocenters. The first-order valence-corrected chi connectivity index (χ1v) is 7.39. The molecule has 4 nitrogen and oxygen atoms in total. The Morgan fingerprint density at radius 2 is 2.10 bits per heavy atom. The van der Waals surface area contributed by atoms with Crippen LogP contribution in [0.15, 0.2) is 18.2 Å². The molecule has 0 amide bonds. The lowest BCUT2D eigenvalue weighted by molar-refractivity contribution is 0.112. The fourth-order valence-corrected chi connectivity index (χ4v) is 2.77. The highest BCUT2D eigenvalue weighted by atomic mass is 16.3. The second kappa shape index (κ2) is 6.57. The molecule has 1 aromatic rings. The zero-order chi connectivity index (χ0) is 14.7. The van der Waals surface area contributed by atoms with E-state index < -0.39 is 0 Å². The van der Waals surface area contributed by atoms with Gasteiger partial charge in [-0.05, 0) is 34.0 Å². The first kappa shape index (κ1) is 15.3. The van der Waals surface area contributed by atoms with Crippen LogP contribution in [0.3, 0.4) is 0 Å². The molecule has 1 fully saturated rings. The smallest absolute Gasteiger partial charge is 0.120 e. The van der Waals surface area contributed by atoms with E-state index in [4.69, 9.17) is 0 Å². The highest BCUT2D eigenvalue weighted by molar-refractivity contribution is 5.37. The number of nitrogens with one attached hydrogen (secondary N) is 1. The van der Waals surface area contributed by atoms with Crippen molar-refractivity contribution in [1.29, 1.82) is 0 Å². The number of phenols is 1. The van der Waals surface area contributed by atoms with Crippen molar-refractivity contribution in [1.82, 2.24) is 15.1 Å². The van der Waals surface area contributed by atoms with E-state index in [0.29, 0.717) is 11.8 Å². The van der Waals surface area contributed by atoms with Crippen LogP contribution in [0.25, 0.3) is 0 Å². The fourth-order valence-electron chi connectivity index (χ4n) is 2.77. The fraction of sp³-hybridized carbons (Fsp3) is 0.625. The van der Waals surface area contributed by atoms with E-state index in [2.05, 4.69) is 49.1 Å². The Morgan fingerprint density at radius 1 is 1.35 bits per heavy atom. The summed E-state index contributed by atoms with van der Waals surface area (Å²) >= 11 is 0. The Morgan fingerprint density at radius 3 is 2.85 bits per heavy atom. The van der Waals surface area contributed by atoms with Crippen molar-refractivity contribution >= 4 is 0 Å². The molecule has 0 spiro atoms. The molecule has 2 N–H and O–H groups in total. The SMILES string of the molecule is Cc1ccc(O)c(C(C)NCC2CN(C)CCN2C)c1. The molecular weight excluding hydrogens is 250 g/mol. The molecule has 1 aromatic carbocycles. The summed E-state index contributed by atoms with van der Waals surface area (Å²) in [6, 6.07) is 6.47. The van der Waals surface area contributed by atoms with Crippen molar-refractivity contribution in [3.63, 3.8) is 0 Å². The largest absolute Gasteiger partial charge is 0.508 e. The predicted molar refractivity (Wildman–Crippen MR) is 83.2 cm³/mol. The Balaban J connectivity index is 1.94. The number of aryl methyl sites for hydroxylation is 1. The van der Waals surface area contributed by atoms with Crippen LogP contribution in [0, 0.1) is 6.92 Å². The summed E-state index contributed by atoms with van der Waals surface area (Å²) in [5.74, 6) is 0.379. The molecule has 1 saturated heterocycles. The molecule has 2 rings (SSSR count). The average Bonchev–Trinajstić information content (AvgIpc) is 2.42. The first-order chi connectivity index (χ1) is 9.47. The van der Waals surface area contributed by atoms with E-state index in [1.807, 2.05) is 6.07 Å². The van der Waals surface area contributed by atoms with Crippen LogP contribution in [0.5, 0.6) is 5.75 Å². The number of rotatable bonds is 4.